The molecule has 0 saturated heterocycles. The van der Waals surface area contributed by atoms with Gasteiger partial charge < -0.3 is 5.11 Å². The fourth-order valence-electron chi connectivity index (χ4n) is 2.12. The third-order valence-electron chi connectivity index (χ3n) is 3.12. The van der Waals surface area contributed by atoms with Gasteiger partial charge in [0.1, 0.15) is 0 Å². The monoisotopic (exact) mass is 280 g/mol. The zero-order valence-electron chi connectivity index (χ0n) is 11.0. The van der Waals surface area contributed by atoms with Crippen molar-refractivity contribution in [1.82, 2.24) is 9.13 Å². The van der Waals surface area contributed by atoms with E-state index in [4.69, 9.17) is 0 Å². The van der Waals surface area contributed by atoms with Crippen LogP contribution in [0.25, 0.3) is 11.4 Å². The summed E-state index contributed by atoms with van der Waals surface area (Å²) < 4.78 is 2.19. The lowest BCUT2D eigenvalue weighted by atomic mass is 10.3. The minimum absolute atomic E-state index is 0.410. The summed E-state index contributed by atoms with van der Waals surface area (Å²) in [5, 5.41) is 9.83. The van der Waals surface area contributed by atoms with Crippen molar-refractivity contribution in [3.8, 4) is 17.1 Å². The Morgan fingerprint density at radius 2 is 1.29 bits per heavy atom. The maximum absolute atomic E-state index is 12.6. The van der Waals surface area contributed by atoms with E-state index in [2.05, 4.69) is 0 Å². The van der Waals surface area contributed by atoms with Gasteiger partial charge in [-0.25, -0.2) is 9.36 Å². The first kappa shape index (κ1) is 12.9. The number of aromatic nitrogens is 2. The summed E-state index contributed by atoms with van der Waals surface area (Å²) in [6, 6.07) is 17.3. The first-order chi connectivity index (χ1) is 10.2. The van der Waals surface area contributed by atoms with Crippen molar-refractivity contribution in [2.75, 3.05) is 0 Å². The summed E-state index contributed by atoms with van der Waals surface area (Å²) in [4.78, 5) is 24.6. The lowest BCUT2D eigenvalue weighted by Crippen LogP contribution is -2.37. The predicted octanol–water partition coefficient (Wildman–Crippen LogP) is 1.69. The lowest BCUT2D eigenvalue weighted by molar-refractivity contribution is 0.454. The SMILES string of the molecule is O=c1c(O)cn(-c2ccccc2)c(=O)n1-c1ccccc1. The van der Waals surface area contributed by atoms with Crippen molar-refractivity contribution < 1.29 is 5.11 Å². The van der Waals surface area contributed by atoms with E-state index in [0.29, 0.717) is 11.4 Å². The molecule has 5 nitrogen and oxygen atoms in total. The number of para-hydroxylation sites is 2. The summed E-state index contributed by atoms with van der Waals surface area (Å²) in [6.45, 7) is 0. The van der Waals surface area contributed by atoms with Crippen molar-refractivity contribution >= 4 is 0 Å². The van der Waals surface area contributed by atoms with Crippen LogP contribution in [0.4, 0.5) is 0 Å². The van der Waals surface area contributed by atoms with Gasteiger partial charge in [0.15, 0.2) is 5.75 Å². The van der Waals surface area contributed by atoms with Gasteiger partial charge in [-0.05, 0) is 24.3 Å². The van der Waals surface area contributed by atoms with Gasteiger partial charge in [0.2, 0.25) is 0 Å². The van der Waals surface area contributed by atoms with Crippen LogP contribution in [-0.4, -0.2) is 14.2 Å². The summed E-state index contributed by atoms with van der Waals surface area (Å²) in [6.07, 6.45) is 1.14. The largest absolute Gasteiger partial charge is 0.502 e. The van der Waals surface area contributed by atoms with Crippen LogP contribution < -0.4 is 11.2 Å². The zero-order chi connectivity index (χ0) is 14.8. The van der Waals surface area contributed by atoms with Crippen LogP contribution in [0, 0.1) is 0 Å². The number of benzene rings is 2. The highest BCUT2D eigenvalue weighted by atomic mass is 16.3. The van der Waals surface area contributed by atoms with Gasteiger partial charge in [-0.15, -0.1) is 0 Å². The van der Waals surface area contributed by atoms with Gasteiger partial charge in [0.25, 0.3) is 0 Å². The van der Waals surface area contributed by atoms with Crippen molar-refractivity contribution in [3.05, 3.63) is 87.7 Å². The van der Waals surface area contributed by atoms with E-state index in [-0.39, 0.29) is 0 Å². The minimum Gasteiger partial charge on any atom is -0.502 e. The summed E-state index contributed by atoms with van der Waals surface area (Å²) >= 11 is 0. The number of rotatable bonds is 2. The van der Waals surface area contributed by atoms with Gasteiger partial charge in [0, 0.05) is 0 Å². The second-order valence-corrected chi connectivity index (χ2v) is 4.48. The van der Waals surface area contributed by atoms with Gasteiger partial charge in [-0.2, -0.15) is 0 Å². The molecule has 3 aromatic rings. The van der Waals surface area contributed by atoms with Crippen LogP contribution in [0.5, 0.6) is 5.75 Å². The molecule has 21 heavy (non-hydrogen) atoms. The standard InChI is InChI=1S/C16H12N2O3/c19-14-11-17(12-7-3-1-4-8-12)16(21)18(15(14)20)13-9-5-2-6-10-13/h1-11,19H. The Hall–Kier alpha value is -3.08. The van der Waals surface area contributed by atoms with Crippen molar-refractivity contribution in [1.29, 1.82) is 0 Å². The molecule has 0 bridgehead atoms. The molecular formula is C16H12N2O3. The fraction of sp³-hybridized carbons (Fsp3) is 0. The van der Waals surface area contributed by atoms with E-state index < -0.39 is 17.0 Å². The quantitative estimate of drug-likeness (QED) is 0.777. The number of aromatic hydroxyl groups is 1. The average molecular weight is 280 g/mol. The normalized spacial score (nSPS) is 10.5. The Balaban J connectivity index is 2.35. The highest BCUT2D eigenvalue weighted by Crippen LogP contribution is 2.09. The van der Waals surface area contributed by atoms with E-state index in [9.17, 15) is 14.7 Å². The number of hydrogen-bond donors (Lipinski definition) is 1. The topological polar surface area (TPSA) is 64.2 Å². The molecule has 1 heterocycles. The molecule has 104 valence electrons. The molecule has 3 rings (SSSR count). The van der Waals surface area contributed by atoms with Crippen molar-refractivity contribution in [2.24, 2.45) is 0 Å². The van der Waals surface area contributed by atoms with Crippen molar-refractivity contribution in [3.63, 3.8) is 0 Å². The van der Waals surface area contributed by atoms with Crippen LogP contribution in [0.15, 0.2) is 76.4 Å². The number of hydrogen-bond acceptors (Lipinski definition) is 3. The molecule has 5 heteroatoms. The number of nitrogens with zero attached hydrogens (tertiary/aromatic N) is 2. The van der Waals surface area contributed by atoms with Gasteiger partial charge >= 0.3 is 11.2 Å². The second kappa shape index (κ2) is 5.13. The Morgan fingerprint density at radius 1 is 0.762 bits per heavy atom. The summed E-state index contributed by atoms with van der Waals surface area (Å²) in [5.41, 5.74) is -0.288. The van der Waals surface area contributed by atoms with E-state index in [1.165, 1.54) is 4.57 Å². The summed E-state index contributed by atoms with van der Waals surface area (Å²) in [5.74, 6) is -0.484. The summed E-state index contributed by atoms with van der Waals surface area (Å²) in [7, 11) is 0. The Kier molecular flexibility index (Phi) is 3.16. The molecule has 0 unspecified atom stereocenters. The first-order valence-corrected chi connectivity index (χ1v) is 6.37. The lowest BCUT2D eigenvalue weighted by Gasteiger charge is -2.10. The molecular weight excluding hydrogens is 268 g/mol. The molecule has 1 aromatic heterocycles. The molecule has 0 saturated carbocycles. The third-order valence-corrected chi connectivity index (χ3v) is 3.12. The second-order valence-electron chi connectivity index (χ2n) is 4.48. The highest BCUT2D eigenvalue weighted by Gasteiger charge is 2.12. The van der Waals surface area contributed by atoms with Crippen LogP contribution >= 0.6 is 0 Å². The van der Waals surface area contributed by atoms with Crippen LogP contribution in [0.2, 0.25) is 0 Å². The average Bonchev–Trinajstić information content (AvgIpc) is 2.53. The van der Waals surface area contributed by atoms with Crippen molar-refractivity contribution in [2.45, 2.75) is 0 Å². The Labute approximate surface area is 120 Å². The molecule has 2 aromatic carbocycles. The van der Waals surface area contributed by atoms with Crippen LogP contribution in [0.3, 0.4) is 0 Å². The maximum Gasteiger partial charge on any atom is 0.340 e. The van der Waals surface area contributed by atoms with E-state index in [1.54, 1.807) is 54.6 Å². The molecule has 0 radical (unpaired) electrons. The highest BCUT2D eigenvalue weighted by molar-refractivity contribution is 5.37. The molecule has 0 aliphatic heterocycles. The van der Waals surface area contributed by atoms with Gasteiger partial charge in [-0.3, -0.25) is 9.36 Å². The van der Waals surface area contributed by atoms with E-state index in [1.807, 2.05) is 6.07 Å². The minimum atomic E-state index is -0.738. The third kappa shape index (κ3) is 2.25. The zero-order valence-corrected chi connectivity index (χ0v) is 11.0. The molecule has 0 fully saturated rings. The van der Waals surface area contributed by atoms with Gasteiger partial charge in [0.05, 0.1) is 17.6 Å². The molecule has 0 spiro atoms. The predicted molar refractivity (Wildman–Crippen MR) is 79.3 cm³/mol. The molecule has 0 amide bonds. The molecule has 0 aliphatic rings. The Morgan fingerprint density at radius 3 is 1.86 bits per heavy atom. The van der Waals surface area contributed by atoms with Crippen LogP contribution in [0.1, 0.15) is 0 Å². The van der Waals surface area contributed by atoms with E-state index >= 15 is 0 Å². The molecule has 0 aliphatic carbocycles. The molecule has 0 atom stereocenters. The van der Waals surface area contributed by atoms with Gasteiger partial charge in [-0.1, -0.05) is 36.4 Å². The van der Waals surface area contributed by atoms with E-state index in [0.717, 1.165) is 10.8 Å². The maximum atomic E-state index is 12.6. The molecule has 1 N–H and O–H groups in total. The van der Waals surface area contributed by atoms with Crippen LogP contribution in [-0.2, 0) is 0 Å². The Bertz CT molecular complexity index is 881. The fourth-order valence-corrected chi connectivity index (χ4v) is 2.12. The first-order valence-electron chi connectivity index (χ1n) is 6.37. The smallest absolute Gasteiger partial charge is 0.340 e.